The lowest BCUT2D eigenvalue weighted by Gasteiger charge is -2.16. The number of imidazole rings is 1. The van der Waals surface area contributed by atoms with Crippen LogP contribution in [0.15, 0.2) is 96.1 Å². The molecule has 0 radical (unpaired) electrons. The number of likely N-dealkylation sites (N-methyl/N-ethyl adjacent to an activating group) is 2. The number of benzene rings is 3. The number of hydrogen-bond donors (Lipinski definition) is 2. The fraction of sp³-hybridized carbons (Fsp3) is 0.156. The van der Waals surface area contributed by atoms with E-state index in [9.17, 15) is 27.6 Å². The first kappa shape index (κ1) is 31.7. The summed E-state index contributed by atoms with van der Waals surface area (Å²) in [7, 11) is 5.41. The van der Waals surface area contributed by atoms with E-state index in [1.165, 1.54) is 62.8 Å². The molecule has 0 saturated heterocycles. The third kappa shape index (κ3) is 6.51. The Morgan fingerprint density at radius 3 is 2.35 bits per heavy atom. The Hall–Kier alpha value is -5.76. The molecular weight excluding hydrogens is 601 g/mol. The number of nitrogens with zero attached hydrogens (tertiary/aromatic N) is 6. The topological polar surface area (TPSA) is 131 Å². The summed E-state index contributed by atoms with van der Waals surface area (Å²) >= 11 is 0. The van der Waals surface area contributed by atoms with Gasteiger partial charge in [-0.2, -0.15) is 13.2 Å². The molecule has 2 heterocycles. The first-order valence-corrected chi connectivity index (χ1v) is 13.9. The zero-order valence-electron chi connectivity index (χ0n) is 25.0. The summed E-state index contributed by atoms with van der Waals surface area (Å²) in [5, 5.41) is 2.46. The monoisotopic (exact) mass is 630 g/mol. The molecule has 0 spiro atoms. The summed E-state index contributed by atoms with van der Waals surface area (Å²) in [6.45, 7) is 0.594. The Balaban J connectivity index is 1.48. The van der Waals surface area contributed by atoms with E-state index in [1.54, 1.807) is 37.4 Å². The normalized spacial score (nSPS) is 11.8. The van der Waals surface area contributed by atoms with Gasteiger partial charge in [-0.1, -0.05) is 18.2 Å². The third-order valence-corrected chi connectivity index (χ3v) is 7.02. The van der Waals surface area contributed by atoms with Crippen molar-refractivity contribution in [1.82, 2.24) is 24.0 Å². The van der Waals surface area contributed by atoms with Crippen LogP contribution in [0.5, 0.6) is 0 Å². The number of halogens is 3. The van der Waals surface area contributed by atoms with Crippen molar-refractivity contribution in [3.05, 3.63) is 113 Å². The SMILES string of the molecule is CN(C)CC=CC(=O)N(C)c1cccc(-n2c(=O)n(-c3ccc(C(=O)Nc4cccc(C(F)(F)F)c4)cc3)c3c(N)ncnc32)c1. The minimum atomic E-state index is -4.56. The van der Waals surface area contributed by atoms with Gasteiger partial charge in [0.25, 0.3) is 5.91 Å². The molecule has 46 heavy (non-hydrogen) atoms. The molecule has 0 saturated carbocycles. The number of fused-ring (bicyclic) bond motifs is 1. The number of hydrogen-bond acceptors (Lipinski definition) is 7. The van der Waals surface area contributed by atoms with Gasteiger partial charge in [-0.3, -0.25) is 14.2 Å². The number of nitrogens with one attached hydrogen (secondary N) is 1. The van der Waals surface area contributed by atoms with Gasteiger partial charge < -0.3 is 20.9 Å². The van der Waals surface area contributed by atoms with Gasteiger partial charge in [0.05, 0.1) is 16.9 Å². The van der Waals surface area contributed by atoms with E-state index < -0.39 is 23.3 Å². The number of carbonyl (C=O) groups is 2. The molecule has 0 aliphatic heterocycles. The quantitative estimate of drug-likeness (QED) is 0.241. The van der Waals surface area contributed by atoms with Crippen LogP contribution in [0.25, 0.3) is 22.5 Å². The summed E-state index contributed by atoms with van der Waals surface area (Å²) in [6.07, 6.45) is -0.102. The smallest absolute Gasteiger partial charge is 0.382 e. The van der Waals surface area contributed by atoms with Crippen LogP contribution in [0.4, 0.5) is 30.4 Å². The Kier molecular flexibility index (Phi) is 8.73. The van der Waals surface area contributed by atoms with Crippen molar-refractivity contribution in [1.29, 1.82) is 0 Å². The lowest BCUT2D eigenvalue weighted by atomic mass is 10.1. The zero-order valence-corrected chi connectivity index (χ0v) is 25.0. The van der Waals surface area contributed by atoms with Gasteiger partial charge >= 0.3 is 11.9 Å². The van der Waals surface area contributed by atoms with Crippen LogP contribution < -0.4 is 21.6 Å². The molecule has 0 aliphatic carbocycles. The van der Waals surface area contributed by atoms with Gasteiger partial charge in [-0.15, -0.1) is 0 Å². The minimum Gasteiger partial charge on any atom is -0.382 e. The number of aromatic nitrogens is 4. The second kappa shape index (κ2) is 12.7. The third-order valence-electron chi connectivity index (χ3n) is 7.02. The Morgan fingerprint density at radius 1 is 0.935 bits per heavy atom. The largest absolute Gasteiger partial charge is 0.416 e. The number of nitrogens with two attached hydrogens (primary N) is 1. The van der Waals surface area contributed by atoms with Crippen molar-refractivity contribution < 1.29 is 22.8 Å². The second-order valence-electron chi connectivity index (χ2n) is 10.5. The molecule has 0 unspecified atom stereocenters. The van der Waals surface area contributed by atoms with Crippen LogP contribution in [0.3, 0.4) is 0 Å². The Bertz CT molecular complexity index is 2010. The molecular formula is C32H29F3N8O3. The molecule has 0 fully saturated rings. The molecule has 2 aromatic heterocycles. The zero-order chi connectivity index (χ0) is 33.2. The van der Waals surface area contributed by atoms with Gasteiger partial charge in [-0.05, 0) is 74.8 Å². The number of amides is 2. The molecule has 0 atom stereocenters. The van der Waals surface area contributed by atoms with Crippen molar-refractivity contribution in [3.8, 4) is 11.4 Å². The maximum atomic E-state index is 14.0. The fourth-order valence-electron chi connectivity index (χ4n) is 4.70. The maximum Gasteiger partial charge on any atom is 0.416 e. The van der Waals surface area contributed by atoms with Crippen molar-refractivity contribution in [3.63, 3.8) is 0 Å². The van der Waals surface area contributed by atoms with Crippen LogP contribution in [-0.4, -0.2) is 63.5 Å². The van der Waals surface area contributed by atoms with Gasteiger partial charge in [0.15, 0.2) is 11.5 Å². The Labute approximate surface area is 261 Å². The lowest BCUT2D eigenvalue weighted by molar-refractivity contribution is -0.137. The summed E-state index contributed by atoms with van der Waals surface area (Å²) in [6, 6.07) is 17.0. The summed E-state index contributed by atoms with van der Waals surface area (Å²) in [5.41, 5.74) is 6.61. The highest BCUT2D eigenvalue weighted by Crippen LogP contribution is 2.31. The van der Waals surface area contributed by atoms with Crippen LogP contribution in [-0.2, 0) is 11.0 Å². The maximum absolute atomic E-state index is 14.0. The van der Waals surface area contributed by atoms with Crippen molar-refractivity contribution >= 4 is 40.2 Å². The Morgan fingerprint density at radius 2 is 1.65 bits per heavy atom. The fourth-order valence-corrected chi connectivity index (χ4v) is 4.70. The first-order valence-electron chi connectivity index (χ1n) is 13.9. The second-order valence-corrected chi connectivity index (χ2v) is 10.5. The summed E-state index contributed by atoms with van der Waals surface area (Å²) in [5.74, 6) is -0.866. The number of rotatable bonds is 8. The molecule has 2 amide bonds. The molecule has 5 rings (SSSR count). The highest BCUT2D eigenvalue weighted by Gasteiger charge is 2.30. The highest BCUT2D eigenvalue weighted by atomic mass is 19.4. The van der Waals surface area contributed by atoms with E-state index in [0.29, 0.717) is 23.6 Å². The highest BCUT2D eigenvalue weighted by molar-refractivity contribution is 6.04. The van der Waals surface area contributed by atoms with Crippen LogP contribution >= 0.6 is 0 Å². The van der Waals surface area contributed by atoms with Crippen molar-refractivity contribution in [2.45, 2.75) is 6.18 Å². The van der Waals surface area contributed by atoms with E-state index in [0.717, 1.165) is 12.1 Å². The van der Waals surface area contributed by atoms with E-state index >= 15 is 0 Å². The van der Waals surface area contributed by atoms with Gasteiger partial charge in [0.1, 0.15) is 11.8 Å². The minimum absolute atomic E-state index is 0.0210. The van der Waals surface area contributed by atoms with Crippen molar-refractivity contribution in [2.75, 3.05) is 43.6 Å². The first-order chi connectivity index (χ1) is 21.8. The van der Waals surface area contributed by atoms with Crippen LogP contribution in [0, 0.1) is 0 Å². The predicted molar refractivity (Wildman–Crippen MR) is 169 cm³/mol. The summed E-state index contributed by atoms with van der Waals surface area (Å²) < 4.78 is 41.9. The van der Waals surface area contributed by atoms with Crippen molar-refractivity contribution in [2.24, 2.45) is 0 Å². The average molecular weight is 631 g/mol. The van der Waals surface area contributed by atoms with E-state index in [1.807, 2.05) is 19.0 Å². The van der Waals surface area contributed by atoms with Gasteiger partial charge in [0.2, 0.25) is 5.91 Å². The van der Waals surface area contributed by atoms with Gasteiger partial charge in [-0.25, -0.2) is 19.3 Å². The molecule has 14 heteroatoms. The number of nitrogen functional groups attached to an aromatic ring is 1. The molecule has 3 N–H and O–H groups in total. The number of carbonyl (C=O) groups excluding carboxylic acids is 2. The average Bonchev–Trinajstić information content (AvgIpc) is 3.33. The van der Waals surface area contributed by atoms with E-state index in [2.05, 4.69) is 15.3 Å². The molecule has 0 bridgehead atoms. The van der Waals surface area contributed by atoms with E-state index in [-0.39, 0.29) is 34.1 Å². The lowest BCUT2D eigenvalue weighted by Crippen LogP contribution is -2.25. The van der Waals surface area contributed by atoms with Gasteiger partial charge in [0, 0.05) is 36.6 Å². The predicted octanol–water partition coefficient (Wildman–Crippen LogP) is 4.51. The summed E-state index contributed by atoms with van der Waals surface area (Å²) in [4.78, 5) is 51.3. The van der Waals surface area contributed by atoms with E-state index in [4.69, 9.17) is 5.73 Å². The number of anilines is 3. The standard InChI is InChI=1S/C32H29F3N8O3/c1-40(2)16-6-11-26(44)41(3)24-9-5-10-25(18-24)43-29-27(28(36)37-19-38-29)42(31(43)46)23-14-12-20(13-15-23)30(45)39-22-8-4-7-21(17-22)32(33,34)35/h4-15,17-19H,16H2,1-3H3,(H,39,45)(H2,36,37,38). The molecule has 11 nitrogen and oxygen atoms in total. The molecule has 5 aromatic rings. The molecule has 0 aliphatic rings. The van der Waals surface area contributed by atoms with Crippen LogP contribution in [0.1, 0.15) is 15.9 Å². The molecule has 3 aromatic carbocycles. The van der Waals surface area contributed by atoms with Crippen LogP contribution in [0.2, 0.25) is 0 Å². The number of alkyl halides is 3. The molecule has 236 valence electrons.